The van der Waals surface area contributed by atoms with Gasteiger partial charge < -0.3 is 5.32 Å². The Morgan fingerprint density at radius 3 is 2.81 bits per heavy atom. The summed E-state index contributed by atoms with van der Waals surface area (Å²) in [5, 5.41) is 13.7. The van der Waals surface area contributed by atoms with E-state index >= 15 is 0 Å². The molecule has 0 aliphatic carbocycles. The quantitative estimate of drug-likeness (QED) is 0.400. The van der Waals surface area contributed by atoms with Gasteiger partial charge >= 0.3 is 5.76 Å². The molecule has 1 aromatic carbocycles. The monoisotopic (exact) mass is 463 g/mol. The van der Waals surface area contributed by atoms with Crippen LogP contribution in [-0.2, 0) is 14.3 Å². The van der Waals surface area contributed by atoms with Crippen LogP contribution in [0.2, 0.25) is 0 Å². The first kappa shape index (κ1) is 19.2. The molecule has 0 amide bonds. The molecular formula is C13H11BrFN5O6S. The summed E-state index contributed by atoms with van der Waals surface area (Å²) in [6, 6.07) is 3.68. The summed E-state index contributed by atoms with van der Waals surface area (Å²) in [5.74, 6) is -1.33. The van der Waals surface area contributed by atoms with Crippen LogP contribution in [0.1, 0.15) is 0 Å². The van der Waals surface area contributed by atoms with Gasteiger partial charge in [-0.1, -0.05) is 5.16 Å². The van der Waals surface area contributed by atoms with E-state index in [4.69, 9.17) is 0 Å². The van der Waals surface area contributed by atoms with Crippen LogP contribution in [0, 0.1) is 5.82 Å². The molecule has 0 bridgehead atoms. The Bertz CT molecular complexity index is 1120. The standard InChI is InChI=1S/C13H11BrFN5O6S/c1-27(22,23)24-5-4-16-11-10(17-26-18-11)12-19-25-13(21)20(12)9-3-2-7(15)6-8(9)14/h2-3,6H,4-5H2,1H3,(H,16,18). The molecule has 144 valence electrons. The molecule has 0 fully saturated rings. The number of anilines is 1. The number of rotatable bonds is 7. The first-order chi connectivity index (χ1) is 12.8. The first-order valence-electron chi connectivity index (χ1n) is 7.21. The highest BCUT2D eigenvalue weighted by Crippen LogP contribution is 2.27. The van der Waals surface area contributed by atoms with Crippen LogP contribution in [0.3, 0.4) is 0 Å². The predicted octanol–water partition coefficient (Wildman–Crippen LogP) is 1.17. The molecule has 2 aromatic heterocycles. The van der Waals surface area contributed by atoms with E-state index in [1.807, 2.05) is 0 Å². The van der Waals surface area contributed by atoms with Gasteiger partial charge in [0.15, 0.2) is 5.69 Å². The van der Waals surface area contributed by atoms with Crippen molar-refractivity contribution in [1.29, 1.82) is 0 Å². The SMILES string of the molecule is CS(=O)(=O)OCCNc1nonc1-c1noc(=O)n1-c1ccc(F)cc1Br. The average molecular weight is 464 g/mol. The van der Waals surface area contributed by atoms with Gasteiger partial charge in [-0.15, -0.1) is 0 Å². The van der Waals surface area contributed by atoms with Crippen LogP contribution in [0.25, 0.3) is 17.2 Å². The van der Waals surface area contributed by atoms with Crippen molar-refractivity contribution in [1.82, 2.24) is 20.0 Å². The molecule has 0 spiro atoms. The zero-order valence-corrected chi connectivity index (χ0v) is 16.0. The van der Waals surface area contributed by atoms with Crippen LogP contribution in [-0.4, -0.2) is 47.9 Å². The summed E-state index contributed by atoms with van der Waals surface area (Å²) in [6.07, 6.45) is 0.921. The van der Waals surface area contributed by atoms with Gasteiger partial charge in [0.2, 0.25) is 11.6 Å². The van der Waals surface area contributed by atoms with Gasteiger partial charge in [0.25, 0.3) is 10.1 Å². The number of hydrogen-bond donors (Lipinski definition) is 1. The Hall–Kier alpha value is -2.58. The predicted molar refractivity (Wildman–Crippen MR) is 92.3 cm³/mol. The van der Waals surface area contributed by atoms with Crippen LogP contribution in [0.15, 0.2) is 36.6 Å². The number of aromatic nitrogens is 4. The lowest BCUT2D eigenvalue weighted by Crippen LogP contribution is -2.16. The molecule has 2 heterocycles. The Morgan fingerprint density at radius 2 is 2.11 bits per heavy atom. The molecule has 0 radical (unpaired) electrons. The normalized spacial score (nSPS) is 11.7. The van der Waals surface area contributed by atoms with Gasteiger partial charge in [-0.2, -0.15) is 8.42 Å². The highest BCUT2D eigenvalue weighted by molar-refractivity contribution is 9.10. The third kappa shape index (κ3) is 4.40. The second kappa shape index (κ2) is 7.58. The van der Waals surface area contributed by atoms with Crippen molar-refractivity contribution < 1.29 is 26.1 Å². The van der Waals surface area contributed by atoms with E-state index in [-0.39, 0.29) is 40.6 Å². The fourth-order valence-corrected chi connectivity index (χ4v) is 3.00. The first-order valence-corrected chi connectivity index (χ1v) is 9.82. The van der Waals surface area contributed by atoms with Crippen molar-refractivity contribution >= 4 is 31.9 Å². The summed E-state index contributed by atoms with van der Waals surface area (Å²) >= 11 is 3.17. The van der Waals surface area contributed by atoms with Crippen molar-refractivity contribution in [3.8, 4) is 17.2 Å². The van der Waals surface area contributed by atoms with Crippen LogP contribution >= 0.6 is 15.9 Å². The number of nitrogens with one attached hydrogen (secondary N) is 1. The van der Waals surface area contributed by atoms with Gasteiger partial charge in [-0.3, -0.25) is 8.71 Å². The largest absolute Gasteiger partial charge is 0.446 e. The van der Waals surface area contributed by atoms with Gasteiger partial charge in [0.05, 0.1) is 18.6 Å². The second-order valence-corrected chi connectivity index (χ2v) is 7.62. The summed E-state index contributed by atoms with van der Waals surface area (Å²) in [6.45, 7) is -0.114. The fourth-order valence-electron chi connectivity index (χ4n) is 2.09. The van der Waals surface area contributed by atoms with E-state index in [0.29, 0.717) is 0 Å². The highest BCUT2D eigenvalue weighted by atomic mass is 79.9. The molecule has 3 rings (SSSR count). The maximum Gasteiger partial charge on any atom is 0.446 e. The minimum atomic E-state index is -3.58. The Kier molecular flexibility index (Phi) is 5.38. The van der Waals surface area contributed by atoms with Crippen molar-refractivity contribution in [3.05, 3.63) is 39.0 Å². The Labute approximate surface area is 159 Å². The maximum absolute atomic E-state index is 13.3. The fraction of sp³-hybridized carbons (Fsp3) is 0.231. The van der Waals surface area contributed by atoms with E-state index in [0.717, 1.165) is 16.9 Å². The van der Waals surface area contributed by atoms with Gasteiger partial charge in [0.1, 0.15) is 5.82 Å². The van der Waals surface area contributed by atoms with Crippen LogP contribution in [0.4, 0.5) is 10.2 Å². The molecule has 0 aliphatic heterocycles. The van der Waals surface area contributed by atoms with Gasteiger partial charge in [-0.25, -0.2) is 18.4 Å². The van der Waals surface area contributed by atoms with Crippen LogP contribution < -0.4 is 11.1 Å². The molecule has 0 aliphatic rings. The van der Waals surface area contributed by atoms with Gasteiger partial charge in [-0.05, 0) is 44.4 Å². The number of hydrogen-bond acceptors (Lipinski definition) is 10. The summed E-state index contributed by atoms with van der Waals surface area (Å²) in [7, 11) is -3.58. The third-order valence-corrected chi connectivity index (χ3v) is 4.38. The Morgan fingerprint density at radius 1 is 1.33 bits per heavy atom. The van der Waals surface area contributed by atoms with Crippen LogP contribution in [0.5, 0.6) is 0 Å². The number of benzene rings is 1. The van der Waals surface area contributed by atoms with E-state index in [9.17, 15) is 17.6 Å². The van der Waals surface area contributed by atoms with Gasteiger partial charge in [0, 0.05) is 11.0 Å². The zero-order chi connectivity index (χ0) is 19.6. The van der Waals surface area contributed by atoms with E-state index < -0.39 is 21.7 Å². The number of halogens is 2. The molecule has 3 aromatic rings. The molecular weight excluding hydrogens is 453 g/mol. The van der Waals surface area contributed by atoms with Crippen molar-refractivity contribution in [2.45, 2.75) is 0 Å². The van der Waals surface area contributed by atoms with E-state index in [2.05, 4.69) is 50.1 Å². The van der Waals surface area contributed by atoms with E-state index in [1.165, 1.54) is 12.1 Å². The molecule has 11 nitrogen and oxygen atoms in total. The molecule has 1 N–H and O–H groups in total. The number of nitrogens with zero attached hydrogens (tertiary/aromatic N) is 4. The zero-order valence-electron chi connectivity index (χ0n) is 13.5. The topological polar surface area (TPSA) is 142 Å². The maximum atomic E-state index is 13.3. The minimum absolute atomic E-state index is 0.0245. The molecule has 0 saturated heterocycles. The van der Waals surface area contributed by atoms with E-state index in [1.54, 1.807) is 0 Å². The van der Waals surface area contributed by atoms with Crippen molar-refractivity contribution in [2.75, 3.05) is 24.7 Å². The summed E-state index contributed by atoms with van der Waals surface area (Å²) in [5.41, 5.74) is 0.281. The third-order valence-electron chi connectivity index (χ3n) is 3.15. The lowest BCUT2D eigenvalue weighted by molar-refractivity contribution is 0.308. The van der Waals surface area contributed by atoms with Crippen molar-refractivity contribution in [3.63, 3.8) is 0 Å². The molecule has 0 saturated carbocycles. The summed E-state index contributed by atoms with van der Waals surface area (Å²) in [4.78, 5) is 12.1. The van der Waals surface area contributed by atoms with Crippen molar-refractivity contribution in [2.24, 2.45) is 0 Å². The molecule has 0 atom stereocenters. The lowest BCUT2D eigenvalue weighted by atomic mass is 10.3. The minimum Gasteiger partial charge on any atom is -0.363 e. The highest BCUT2D eigenvalue weighted by Gasteiger charge is 2.23. The average Bonchev–Trinajstić information content (AvgIpc) is 3.17. The smallest absolute Gasteiger partial charge is 0.363 e. The Balaban J connectivity index is 1.91. The lowest BCUT2D eigenvalue weighted by Gasteiger charge is -2.07. The summed E-state index contributed by atoms with van der Waals surface area (Å²) < 4.78 is 50.5. The molecule has 27 heavy (non-hydrogen) atoms. The second-order valence-electron chi connectivity index (χ2n) is 5.12. The molecule has 0 unspecified atom stereocenters. The molecule has 14 heteroatoms.